The molecule has 5 aliphatic rings. The number of aliphatic carboxylic acids is 1. The Hall–Kier alpha value is -2.33. The smallest absolute Gasteiger partial charge is 0.334 e. The number of carboxylic acid groups (broad SMARTS) is 1. The van der Waals surface area contributed by atoms with E-state index in [0.717, 1.165) is 24.7 Å². The molecule has 1 aliphatic heterocycles. The highest BCUT2D eigenvalue weighted by atomic mass is 16.7. The summed E-state index contributed by atoms with van der Waals surface area (Å²) in [6.07, 6.45) is 6.21. The molecule has 43 heavy (non-hydrogen) atoms. The van der Waals surface area contributed by atoms with E-state index in [1.807, 2.05) is 20.8 Å². The zero-order valence-electron chi connectivity index (χ0n) is 26.4. The number of carboxylic acids is 1. The fourth-order valence-corrected chi connectivity index (χ4v) is 9.98. The van der Waals surface area contributed by atoms with Gasteiger partial charge in [-0.25, -0.2) is 4.79 Å². The predicted octanol–water partition coefficient (Wildman–Crippen LogP) is 4.48. The number of rotatable bonds is 10. The van der Waals surface area contributed by atoms with Crippen LogP contribution in [0.1, 0.15) is 67.2 Å². The highest BCUT2D eigenvalue weighted by Crippen LogP contribution is 2.82. The molecule has 9 heteroatoms. The number of aliphatic hydroxyl groups is 1. The van der Waals surface area contributed by atoms with Crippen molar-refractivity contribution < 1.29 is 43.5 Å². The second kappa shape index (κ2) is 11.5. The normalized spacial score (nSPS) is 45.4. The topological polar surface area (TPSA) is 129 Å². The second-order valence-corrected chi connectivity index (χ2v) is 13.9. The Morgan fingerprint density at radius 2 is 1.91 bits per heavy atom. The van der Waals surface area contributed by atoms with Crippen LogP contribution in [0, 0.1) is 45.8 Å². The Bertz CT molecular complexity index is 1220. The van der Waals surface area contributed by atoms with Gasteiger partial charge in [0, 0.05) is 18.1 Å². The highest BCUT2D eigenvalue weighted by molar-refractivity contribution is 5.90. The van der Waals surface area contributed by atoms with Gasteiger partial charge in [-0.1, -0.05) is 57.1 Å². The van der Waals surface area contributed by atoms with Gasteiger partial charge in [-0.3, -0.25) is 4.79 Å². The average molecular weight is 601 g/mol. The van der Waals surface area contributed by atoms with E-state index in [1.165, 1.54) is 7.11 Å². The highest BCUT2D eigenvalue weighted by Gasteiger charge is 2.84. The third kappa shape index (κ3) is 4.36. The molecule has 0 aromatic heterocycles. The van der Waals surface area contributed by atoms with Crippen molar-refractivity contribution in [1.29, 1.82) is 0 Å². The molecule has 0 aromatic rings. The summed E-state index contributed by atoms with van der Waals surface area (Å²) in [5.41, 5.74) is -2.10. The van der Waals surface area contributed by atoms with E-state index in [9.17, 15) is 24.6 Å². The van der Waals surface area contributed by atoms with Crippen molar-refractivity contribution in [3.05, 3.63) is 35.5 Å². The van der Waals surface area contributed by atoms with Crippen molar-refractivity contribution in [1.82, 2.24) is 0 Å². The van der Waals surface area contributed by atoms with E-state index in [-0.39, 0.29) is 30.3 Å². The van der Waals surface area contributed by atoms with Crippen molar-refractivity contribution in [2.24, 2.45) is 45.8 Å². The number of hydrogen-bond donors (Lipinski definition) is 2. The SMILES string of the molecule is C/C=C/C=C(/C)C(=O)O[C@H]1[C@H](O)[C@H](OC[C@@]23C[C@@H]4[C@H](C)CC[C@H]4[C@@]4(C=O)C[C@H]2C=C(C(C)C)[C@@]34C(=O)O)O[C@H](C)[C@H]1OC. The molecule has 1 saturated heterocycles. The lowest BCUT2D eigenvalue weighted by Gasteiger charge is -2.58. The van der Waals surface area contributed by atoms with E-state index in [1.54, 1.807) is 32.1 Å². The number of methoxy groups -OCH3 is 1. The number of ether oxygens (including phenoxy) is 4. The van der Waals surface area contributed by atoms with Crippen molar-refractivity contribution in [2.45, 2.75) is 97.9 Å². The minimum atomic E-state index is -1.40. The van der Waals surface area contributed by atoms with E-state index >= 15 is 0 Å². The molecule has 0 amide bonds. The first-order valence-electron chi connectivity index (χ1n) is 15.8. The van der Waals surface area contributed by atoms with Crippen molar-refractivity contribution in [2.75, 3.05) is 13.7 Å². The third-order valence-corrected chi connectivity index (χ3v) is 11.8. The first kappa shape index (κ1) is 32.1. The van der Waals surface area contributed by atoms with Gasteiger partial charge in [0.2, 0.25) is 0 Å². The predicted molar refractivity (Wildman–Crippen MR) is 158 cm³/mol. The molecule has 238 valence electrons. The van der Waals surface area contributed by atoms with Gasteiger partial charge in [-0.05, 0) is 69.6 Å². The number of fused-ring (bicyclic) bond motifs is 2. The molecule has 0 radical (unpaired) electrons. The molecule has 9 nitrogen and oxygen atoms in total. The van der Waals surface area contributed by atoms with Crippen LogP contribution in [0.3, 0.4) is 0 Å². The molecule has 4 fully saturated rings. The van der Waals surface area contributed by atoms with Crippen LogP contribution < -0.4 is 0 Å². The first-order chi connectivity index (χ1) is 20.4. The van der Waals surface area contributed by atoms with Gasteiger partial charge in [0.05, 0.1) is 18.1 Å². The second-order valence-electron chi connectivity index (χ2n) is 13.9. The fourth-order valence-electron chi connectivity index (χ4n) is 9.98. The van der Waals surface area contributed by atoms with Crippen LogP contribution in [-0.2, 0) is 33.3 Å². The van der Waals surface area contributed by atoms with Crippen LogP contribution in [0.5, 0.6) is 0 Å². The van der Waals surface area contributed by atoms with E-state index < -0.39 is 58.9 Å². The largest absolute Gasteiger partial charge is 0.481 e. The van der Waals surface area contributed by atoms with Gasteiger partial charge >= 0.3 is 11.9 Å². The Kier molecular flexibility index (Phi) is 8.61. The third-order valence-electron chi connectivity index (χ3n) is 11.8. The standard InChI is InChI=1S/C34H48O9/c1-8-9-10-20(5)29(37)43-28-26(36)30(42-21(6)27(28)40-7)41-17-33-15-23-19(4)11-12-24(23)32(16-35)14-22(33)13-25(18(2)3)34(32,33)31(38)39/h8-10,13,16,18-19,21-24,26-28,30,36H,11-12,14-15,17H2,1-7H3,(H,38,39)/b9-8+,20-10-/t19-,21-,22-,23-,24-,26+,27-,28+,30-,32+,33+,34+/m1/s1. The lowest BCUT2D eigenvalue weighted by molar-refractivity contribution is -0.308. The van der Waals surface area contributed by atoms with E-state index in [4.69, 9.17) is 18.9 Å². The Morgan fingerprint density at radius 1 is 1.19 bits per heavy atom. The lowest BCUT2D eigenvalue weighted by Crippen LogP contribution is -2.64. The fraction of sp³-hybridized carbons (Fsp3) is 0.735. The van der Waals surface area contributed by atoms with Crippen LogP contribution in [-0.4, -0.2) is 72.9 Å². The van der Waals surface area contributed by atoms with Crippen molar-refractivity contribution in [3.8, 4) is 0 Å². The maximum Gasteiger partial charge on any atom is 0.334 e. The van der Waals surface area contributed by atoms with Crippen LogP contribution in [0.4, 0.5) is 0 Å². The molecular weight excluding hydrogens is 552 g/mol. The molecule has 4 aliphatic carbocycles. The summed E-state index contributed by atoms with van der Waals surface area (Å²) < 4.78 is 23.9. The van der Waals surface area contributed by atoms with Gasteiger partial charge in [0.1, 0.15) is 23.9 Å². The summed E-state index contributed by atoms with van der Waals surface area (Å²) >= 11 is 0. The zero-order valence-corrected chi connectivity index (χ0v) is 26.4. The molecule has 12 atom stereocenters. The van der Waals surface area contributed by atoms with Gasteiger partial charge in [-0.15, -0.1) is 0 Å². The van der Waals surface area contributed by atoms with E-state index in [2.05, 4.69) is 13.0 Å². The summed E-state index contributed by atoms with van der Waals surface area (Å²) in [7, 11) is 1.47. The Balaban J connectivity index is 1.49. The van der Waals surface area contributed by atoms with Crippen LogP contribution in [0.15, 0.2) is 35.5 Å². The Labute approximate surface area is 254 Å². The maximum absolute atomic E-state index is 13.7. The van der Waals surface area contributed by atoms with Gasteiger partial charge < -0.3 is 34.0 Å². The summed E-state index contributed by atoms with van der Waals surface area (Å²) in [4.78, 5) is 39.8. The molecule has 2 N–H and O–H groups in total. The van der Waals surface area contributed by atoms with Gasteiger partial charge in [-0.2, -0.15) is 0 Å². The number of allylic oxidation sites excluding steroid dienone is 4. The number of hydrogen-bond acceptors (Lipinski definition) is 8. The maximum atomic E-state index is 13.7. The summed E-state index contributed by atoms with van der Waals surface area (Å²) in [6, 6.07) is 0. The molecule has 0 spiro atoms. The molecular formula is C34H48O9. The number of aldehydes is 1. The molecule has 0 aromatic carbocycles. The number of carbonyl (C=O) groups is 3. The summed E-state index contributed by atoms with van der Waals surface area (Å²) in [6.45, 7) is 11.4. The minimum absolute atomic E-state index is 0.00476. The lowest BCUT2D eigenvalue weighted by atomic mass is 9.43. The zero-order chi connectivity index (χ0) is 31.5. The minimum Gasteiger partial charge on any atom is -0.481 e. The first-order valence-corrected chi connectivity index (χ1v) is 15.8. The molecule has 4 bridgehead atoms. The van der Waals surface area contributed by atoms with Gasteiger partial charge in [0.15, 0.2) is 12.4 Å². The van der Waals surface area contributed by atoms with E-state index in [0.29, 0.717) is 24.3 Å². The summed E-state index contributed by atoms with van der Waals surface area (Å²) in [5, 5.41) is 22.7. The van der Waals surface area contributed by atoms with Crippen molar-refractivity contribution in [3.63, 3.8) is 0 Å². The molecule has 0 unspecified atom stereocenters. The van der Waals surface area contributed by atoms with Crippen LogP contribution >= 0.6 is 0 Å². The molecule has 5 rings (SSSR count). The molecule has 1 heterocycles. The van der Waals surface area contributed by atoms with Crippen molar-refractivity contribution >= 4 is 18.2 Å². The molecule has 3 saturated carbocycles. The summed E-state index contributed by atoms with van der Waals surface area (Å²) in [5.74, 6) is -1.17. The average Bonchev–Trinajstić information content (AvgIpc) is 3.54. The van der Waals surface area contributed by atoms with Gasteiger partial charge in [0.25, 0.3) is 0 Å². The monoisotopic (exact) mass is 600 g/mol. The van der Waals surface area contributed by atoms with Crippen LogP contribution in [0.25, 0.3) is 0 Å². The number of carbonyl (C=O) groups excluding carboxylic acids is 2. The quantitative estimate of drug-likeness (QED) is 0.123. The Morgan fingerprint density at radius 3 is 2.51 bits per heavy atom. The van der Waals surface area contributed by atoms with Crippen LogP contribution in [0.2, 0.25) is 0 Å². The number of aliphatic hydroxyl groups excluding tert-OH is 1. The number of esters is 1.